The first-order valence-corrected chi connectivity index (χ1v) is 14.1. The fraction of sp³-hybridized carbons (Fsp3) is 0.242. The second-order valence-electron chi connectivity index (χ2n) is 10.7. The molecule has 7 nitrogen and oxygen atoms in total. The van der Waals surface area contributed by atoms with Crippen LogP contribution in [0.1, 0.15) is 54.0 Å². The van der Waals surface area contributed by atoms with E-state index in [1.165, 1.54) is 0 Å². The van der Waals surface area contributed by atoms with E-state index >= 15 is 0 Å². The van der Waals surface area contributed by atoms with Crippen LogP contribution in [0.25, 0.3) is 5.69 Å². The number of pyridine rings is 1. The predicted octanol–water partition coefficient (Wildman–Crippen LogP) is 6.75. The van der Waals surface area contributed by atoms with Gasteiger partial charge in [0, 0.05) is 41.1 Å². The third kappa shape index (κ3) is 4.91. The maximum Gasteiger partial charge on any atom is 0.235 e. The molecule has 1 N–H and O–H groups in total. The van der Waals surface area contributed by atoms with E-state index in [0.29, 0.717) is 46.4 Å². The van der Waals surface area contributed by atoms with Crippen molar-refractivity contribution < 1.29 is 9.59 Å². The minimum Gasteiger partial charge on any atom is -0.310 e. The van der Waals surface area contributed by atoms with Gasteiger partial charge in [-0.3, -0.25) is 14.6 Å². The molecule has 41 heavy (non-hydrogen) atoms. The van der Waals surface area contributed by atoms with Gasteiger partial charge in [-0.25, -0.2) is 9.67 Å². The van der Waals surface area contributed by atoms with E-state index < -0.39 is 11.8 Å². The first-order valence-electron chi connectivity index (χ1n) is 13.7. The van der Waals surface area contributed by atoms with Gasteiger partial charge in [0.15, 0.2) is 5.78 Å². The Morgan fingerprint density at radius 1 is 0.951 bits per heavy atom. The Morgan fingerprint density at radius 3 is 2.37 bits per heavy atom. The Morgan fingerprint density at radius 2 is 1.66 bits per heavy atom. The second-order valence-corrected chi connectivity index (χ2v) is 11.1. The van der Waals surface area contributed by atoms with E-state index in [-0.39, 0.29) is 17.6 Å². The number of nitrogens with zero attached hydrogens (tertiary/aromatic N) is 4. The first-order chi connectivity index (χ1) is 19.8. The van der Waals surface area contributed by atoms with E-state index in [1.54, 1.807) is 10.9 Å². The summed E-state index contributed by atoms with van der Waals surface area (Å²) in [5.41, 5.74) is 5.98. The highest BCUT2D eigenvalue weighted by atomic mass is 35.5. The van der Waals surface area contributed by atoms with E-state index in [4.69, 9.17) is 21.7 Å². The van der Waals surface area contributed by atoms with Crippen molar-refractivity contribution in [3.8, 4) is 5.69 Å². The highest BCUT2D eigenvalue weighted by Gasteiger charge is 2.46. The third-order valence-electron chi connectivity index (χ3n) is 8.05. The molecule has 0 spiro atoms. The van der Waals surface area contributed by atoms with Crippen molar-refractivity contribution in [3.63, 3.8) is 0 Å². The quantitative estimate of drug-likeness (QED) is 0.291. The van der Waals surface area contributed by atoms with Crippen LogP contribution in [0.4, 0.5) is 5.82 Å². The number of ketones is 1. The molecular formula is C33H30ClN5O2. The fourth-order valence-electron chi connectivity index (χ4n) is 6.09. The Balaban J connectivity index is 1.49. The molecule has 4 aromatic rings. The van der Waals surface area contributed by atoms with Crippen LogP contribution in [-0.4, -0.2) is 32.2 Å². The van der Waals surface area contributed by atoms with Crippen molar-refractivity contribution in [2.75, 3.05) is 5.32 Å². The summed E-state index contributed by atoms with van der Waals surface area (Å²) in [6, 6.07) is 23.4. The van der Waals surface area contributed by atoms with Gasteiger partial charge in [-0.15, -0.1) is 0 Å². The zero-order valence-corrected chi connectivity index (χ0v) is 23.9. The van der Waals surface area contributed by atoms with Gasteiger partial charge in [0.05, 0.1) is 17.3 Å². The van der Waals surface area contributed by atoms with E-state index in [0.717, 1.165) is 22.5 Å². The number of nitrogens with one attached hydrogen (secondary N) is 1. The lowest BCUT2D eigenvalue weighted by Crippen LogP contribution is -2.40. The van der Waals surface area contributed by atoms with Gasteiger partial charge < -0.3 is 5.32 Å². The fourth-order valence-corrected chi connectivity index (χ4v) is 6.48. The molecule has 0 fully saturated rings. The molecule has 0 saturated carbocycles. The van der Waals surface area contributed by atoms with Crippen LogP contribution in [0.15, 0.2) is 95.3 Å². The second kappa shape index (κ2) is 10.9. The summed E-state index contributed by atoms with van der Waals surface area (Å²) in [5, 5.41) is 8.14. The van der Waals surface area contributed by atoms with Gasteiger partial charge in [0.1, 0.15) is 11.0 Å². The Kier molecular flexibility index (Phi) is 7.14. The number of amides is 1. The van der Waals surface area contributed by atoms with Crippen molar-refractivity contribution in [2.45, 2.75) is 45.4 Å². The van der Waals surface area contributed by atoms with Crippen molar-refractivity contribution >= 4 is 34.8 Å². The van der Waals surface area contributed by atoms with E-state index in [1.807, 2.05) is 81.4 Å². The topological polar surface area (TPSA) is 89.2 Å². The molecule has 8 heteroatoms. The molecule has 1 amide bonds. The lowest BCUT2D eigenvalue weighted by Gasteiger charge is -2.36. The number of aryl methyl sites for hydroxylation is 2. The standard InChI is InChI=1S/C33H30ClN5O2/c1-19-11-10-16-35-32(19)37-33(41)28-20(2)36-25-17-23(22-12-6-4-7-13-22)18-26(40)29(25)30(28)27-21(3)38-39(31(27)34)24-14-8-5-9-15-24/h4-16,23,28,30H,17-18H2,1-3H3,(H,35,37,41)/t23-,28?,30-/m0/s1. The number of rotatable bonds is 5. The van der Waals surface area contributed by atoms with Gasteiger partial charge in [0.2, 0.25) is 5.91 Å². The number of Topliss-reactive ketones (excluding diaryl/α,β-unsaturated/α-hetero) is 1. The van der Waals surface area contributed by atoms with Crippen molar-refractivity contribution in [1.29, 1.82) is 0 Å². The number of hydrogen-bond acceptors (Lipinski definition) is 5. The van der Waals surface area contributed by atoms with Crippen molar-refractivity contribution in [3.05, 3.63) is 118 Å². The largest absolute Gasteiger partial charge is 0.310 e. The molecule has 6 rings (SSSR count). The van der Waals surface area contributed by atoms with Crippen LogP contribution in [0.3, 0.4) is 0 Å². The number of hydrogen-bond donors (Lipinski definition) is 1. The summed E-state index contributed by atoms with van der Waals surface area (Å²) >= 11 is 7.09. The SMILES string of the molecule is CC1=NC2=C(C(=O)C[C@@H](c3ccccc3)C2)[C@@H](c2c(C)nn(-c3ccccc3)c2Cl)C1C(=O)Nc1ncccc1C. The van der Waals surface area contributed by atoms with Gasteiger partial charge in [-0.05, 0) is 62.4 Å². The van der Waals surface area contributed by atoms with Crippen LogP contribution >= 0.6 is 11.6 Å². The van der Waals surface area contributed by atoms with Crippen LogP contribution in [0, 0.1) is 19.8 Å². The van der Waals surface area contributed by atoms with Gasteiger partial charge in [0.25, 0.3) is 0 Å². The molecule has 1 aliphatic heterocycles. The average molecular weight is 564 g/mol. The average Bonchev–Trinajstić information content (AvgIpc) is 3.27. The highest BCUT2D eigenvalue weighted by Crippen LogP contribution is 2.49. The van der Waals surface area contributed by atoms with Crippen LogP contribution < -0.4 is 5.32 Å². The van der Waals surface area contributed by atoms with Crippen molar-refractivity contribution in [1.82, 2.24) is 14.8 Å². The monoisotopic (exact) mass is 563 g/mol. The smallest absolute Gasteiger partial charge is 0.235 e. The molecule has 2 aromatic carbocycles. The van der Waals surface area contributed by atoms with Crippen LogP contribution in [-0.2, 0) is 9.59 Å². The molecule has 2 aliphatic rings. The maximum absolute atomic E-state index is 14.0. The predicted molar refractivity (Wildman–Crippen MR) is 161 cm³/mol. The number of para-hydroxylation sites is 1. The van der Waals surface area contributed by atoms with Gasteiger partial charge in [-0.1, -0.05) is 66.2 Å². The summed E-state index contributed by atoms with van der Waals surface area (Å²) in [4.78, 5) is 37.4. The number of allylic oxidation sites excluding steroid dienone is 2. The number of aliphatic imine (C=N–C) groups is 1. The minimum absolute atomic E-state index is 0.0175. The molecule has 1 unspecified atom stereocenters. The van der Waals surface area contributed by atoms with Crippen LogP contribution in [0.5, 0.6) is 0 Å². The lowest BCUT2D eigenvalue weighted by molar-refractivity contribution is -0.119. The molecular weight excluding hydrogens is 534 g/mol. The van der Waals surface area contributed by atoms with Gasteiger partial charge in [-0.2, -0.15) is 5.10 Å². The Bertz CT molecular complexity index is 1710. The zero-order chi connectivity index (χ0) is 28.7. The molecule has 2 aromatic heterocycles. The summed E-state index contributed by atoms with van der Waals surface area (Å²) in [7, 11) is 0. The van der Waals surface area contributed by atoms with E-state index in [9.17, 15) is 9.59 Å². The molecule has 0 saturated heterocycles. The summed E-state index contributed by atoms with van der Waals surface area (Å²) in [5.74, 6) is -1.21. The van der Waals surface area contributed by atoms with Gasteiger partial charge >= 0.3 is 0 Å². The Hall–Kier alpha value is -4.36. The zero-order valence-electron chi connectivity index (χ0n) is 23.1. The van der Waals surface area contributed by atoms with Crippen molar-refractivity contribution in [2.24, 2.45) is 10.9 Å². The molecule has 3 atom stereocenters. The highest BCUT2D eigenvalue weighted by molar-refractivity contribution is 6.31. The number of anilines is 1. The molecule has 3 heterocycles. The number of carbonyl (C=O) groups excluding carboxylic acids is 2. The summed E-state index contributed by atoms with van der Waals surface area (Å²) in [6.45, 7) is 5.62. The van der Waals surface area contributed by atoms with Crippen LogP contribution in [0.2, 0.25) is 5.15 Å². The molecule has 206 valence electrons. The number of aromatic nitrogens is 3. The summed E-state index contributed by atoms with van der Waals surface area (Å²) in [6.07, 6.45) is 2.59. The first kappa shape index (κ1) is 26.8. The number of halogens is 1. The number of carbonyl (C=O) groups is 2. The lowest BCUT2D eigenvalue weighted by atomic mass is 9.69. The normalized spacial score (nSPS) is 20.4. The molecule has 0 radical (unpaired) electrons. The summed E-state index contributed by atoms with van der Waals surface area (Å²) < 4.78 is 1.67. The molecule has 0 bridgehead atoms. The van der Waals surface area contributed by atoms with E-state index in [2.05, 4.69) is 22.4 Å². The molecule has 1 aliphatic carbocycles. The minimum atomic E-state index is -0.767. The maximum atomic E-state index is 14.0. The number of benzene rings is 2. The third-order valence-corrected chi connectivity index (χ3v) is 8.42. The Labute approximate surface area is 244 Å².